The fraction of sp³-hybridized carbons (Fsp3) is 0.176. The standard InChI is InChI=1S/C17H15ClN2O/c1-20(12-14-7-5-6-13(10-14)11-19)17(21)16(18)15-8-3-2-4-9-15/h2-10,16H,12H2,1H3. The lowest BCUT2D eigenvalue weighted by molar-refractivity contribution is -0.130. The maximum atomic E-state index is 12.3. The number of nitrogens with zero attached hydrogens (tertiary/aromatic N) is 2. The summed E-state index contributed by atoms with van der Waals surface area (Å²) in [4.78, 5) is 13.9. The van der Waals surface area contributed by atoms with E-state index in [-0.39, 0.29) is 5.91 Å². The van der Waals surface area contributed by atoms with E-state index in [0.29, 0.717) is 12.1 Å². The molecular weight excluding hydrogens is 284 g/mol. The minimum absolute atomic E-state index is 0.162. The number of carbonyl (C=O) groups is 1. The Balaban J connectivity index is 2.07. The van der Waals surface area contributed by atoms with Gasteiger partial charge in [0.15, 0.2) is 0 Å². The molecule has 0 aliphatic heterocycles. The topological polar surface area (TPSA) is 44.1 Å². The maximum absolute atomic E-state index is 12.3. The van der Waals surface area contributed by atoms with Gasteiger partial charge in [0.2, 0.25) is 5.91 Å². The molecule has 21 heavy (non-hydrogen) atoms. The van der Waals surface area contributed by atoms with Gasteiger partial charge in [0.05, 0.1) is 11.6 Å². The lowest BCUT2D eigenvalue weighted by Crippen LogP contribution is -2.29. The molecule has 0 saturated heterocycles. The van der Waals surface area contributed by atoms with Gasteiger partial charge in [0, 0.05) is 13.6 Å². The molecule has 0 aromatic heterocycles. The molecule has 0 fully saturated rings. The van der Waals surface area contributed by atoms with E-state index < -0.39 is 5.38 Å². The minimum atomic E-state index is -0.699. The summed E-state index contributed by atoms with van der Waals surface area (Å²) < 4.78 is 0. The molecule has 1 amide bonds. The highest BCUT2D eigenvalue weighted by molar-refractivity contribution is 6.30. The van der Waals surface area contributed by atoms with Crippen molar-refractivity contribution in [2.45, 2.75) is 11.9 Å². The van der Waals surface area contributed by atoms with Crippen molar-refractivity contribution >= 4 is 17.5 Å². The van der Waals surface area contributed by atoms with Gasteiger partial charge < -0.3 is 4.90 Å². The number of alkyl halides is 1. The van der Waals surface area contributed by atoms with Crippen LogP contribution in [0.15, 0.2) is 54.6 Å². The van der Waals surface area contributed by atoms with Crippen molar-refractivity contribution < 1.29 is 4.79 Å². The van der Waals surface area contributed by atoms with Crippen LogP contribution in [0.5, 0.6) is 0 Å². The van der Waals surface area contributed by atoms with E-state index in [0.717, 1.165) is 11.1 Å². The molecular formula is C17H15ClN2O. The van der Waals surface area contributed by atoms with Crippen molar-refractivity contribution in [3.8, 4) is 6.07 Å². The molecule has 0 aliphatic rings. The summed E-state index contributed by atoms with van der Waals surface area (Å²) in [6.45, 7) is 0.421. The SMILES string of the molecule is CN(Cc1cccc(C#N)c1)C(=O)C(Cl)c1ccccc1. The maximum Gasteiger partial charge on any atom is 0.245 e. The Bertz CT molecular complexity index is 664. The number of nitriles is 1. The first-order valence-corrected chi connectivity index (χ1v) is 6.98. The molecule has 1 atom stereocenters. The first-order valence-electron chi connectivity index (χ1n) is 6.55. The monoisotopic (exact) mass is 298 g/mol. The summed E-state index contributed by atoms with van der Waals surface area (Å²) in [6.07, 6.45) is 0. The van der Waals surface area contributed by atoms with E-state index in [1.807, 2.05) is 42.5 Å². The minimum Gasteiger partial charge on any atom is -0.340 e. The lowest BCUT2D eigenvalue weighted by atomic mass is 10.1. The Kier molecular flexibility index (Phi) is 4.97. The zero-order chi connectivity index (χ0) is 15.2. The molecule has 2 rings (SSSR count). The third kappa shape index (κ3) is 3.84. The summed E-state index contributed by atoms with van der Waals surface area (Å²) in [5.74, 6) is -0.162. The molecule has 0 saturated carbocycles. The highest BCUT2D eigenvalue weighted by atomic mass is 35.5. The first-order chi connectivity index (χ1) is 10.1. The molecule has 0 N–H and O–H groups in total. The molecule has 0 heterocycles. The molecule has 0 radical (unpaired) electrons. The van der Waals surface area contributed by atoms with Crippen LogP contribution in [0.25, 0.3) is 0 Å². The third-order valence-electron chi connectivity index (χ3n) is 3.16. The smallest absolute Gasteiger partial charge is 0.245 e. The van der Waals surface area contributed by atoms with Crippen LogP contribution in [0.3, 0.4) is 0 Å². The fourth-order valence-corrected chi connectivity index (χ4v) is 2.36. The second-order valence-electron chi connectivity index (χ2n) is 4.78. The largest absolute Gasteiger partial charge is 0.340 e. The van der Waals surface area contributed by atoms with Gasteiger partial charge in [-0.05, 0) is 23.3 Å². The van der Waals surface area contributed by atoms with E-state index in [4.69, 9.17) is 16.9 Å². The summed E-state index contributed by atoms with van der Waals surface area (Å²) >= 11 is 6.23. The van der Waals surface area contributed by atoms with Crippen LogP contribution < -0.4 is 0 Å². The van der Waals surface area contributed by atoms with Crippen LogP contribution in [-0.4, -0.2) is 17.9 Å². The number of hydrogen-bond donors (Lipinski definition) is 0. The van der Waals surface area contributed by atoms with Crippen molar-refractivity contribution in [3.63, 3.8) is 0 Å². The number of amides is 1. The number of benzene rings is 2. The summed E-state index contributed by atoms with van der Waals surface area (Å²) in [7, 11) is 1.71. The zero-order valence-electron chi connectivity index (χ0n) is 11.7. The van der Waals surface area contributed by atoms with Crippen molar-refractivity contribution in [2.75, 3.05) is 7.05 Å². The van der Waals surface area contributed by atoms with Gasteiger partial charge in [0.1, 0.15) is 5.38 Å². The van der Waals surface area contributed by atoms with Crippen LogP contribution in [0.4, 0.5) is 0 Å². The van der Waals surface area contributed by atoms with Crippen molar-refractivity contribution in [1.82, 2.24) is 4.90 Å². The van der Waals surface area contributed by atoms with Gasteiger partial charge in [-0.3, -0.25) is 4.79 Å². The van der Waals surface area contributed by atoms with Gasteiger partial charge in [-0.2, -0.15) is 5.26 Å². The fourth-order valence-electron chi connectivity index (χ4n) is 2.05. The number of carbonyl (C=O) groups excluding carboxylic acids is 1. The Hall–Kier alpha value is -2.31. The second-order valence-corrected chi connectivity index (χ2v) is 5.22. The van der Waals surface area contributed by atoms with Gasteiger partial charge in [-0.15, -0.1) is 11.6 Å². The third-order valence-corrected chi connectivity index (χ3v) is 3.60. The Morgan fingerprint density at radius 1 is 1.24 bits per heavy atom. The number of rotatable bonds is 4. The Morgan fingerprint density at radius 3 is 2.62 bits per heavy atom. The number of hydrogen-bond acceptors (Lipinski definition) is 2. The van der Waals surface area contributed by atoms with Crippen LogP contribution in [0.2, 0.25) is 0 Å². The molecule has 0 aliphatic carbocycles. The summed E-state index contributed by atoms with van der Waals surface area (Å²) in [6, 6.07) is 18.6. The normalized spacial score (nSPS) is 11.5. The molecule has 3 nitrogen and oxygen atoms in total. The Morgan fingerprint density at radius 2 is 1.95 bits per heavy atom. The molecule has 2 aromatic rings. The van der Waals surface area contributed by atoms with Crippen LogP contribution in [-0.2, 0) is 11.3 Å². The zero-order valence-corrected chi connectivity index (χ0v) is 12.4. The average Bonchev–Trinajstić information content (AvgIpc) is 2.54. The van der Waals surface area contributed by atoms with Gasteiger partial charge in [0.25, 0.3) is 0 Å². The van der Waals surface area contributed by atoms with E-state index in [2.05, 4.69) is 6.07 Å². The summed E-state index contributed by atoms with van der Waals surface area (Å²) in [5.41, 5.74) is 2.27. The highest BCUT2D eigenvalue weighted by Crippen LogP contribution is 2.23. The van der Waals surface area contributed by atoms with E-state index in [1.165, 1.54) is 0 Å². The average molecular weight is 299 g/mol. The lowest BCUT2D eigenvalue weighted by Gasteiger charge is -2.20. The van der Waals surface area contributed by atoms with Crippen LogP contribution >= 0.6 is 11.6 Å². The molecule has 1 unspecified atom stereocenters. The molecule has 2 aromatic carbocycles. The highest BCUT2D eigenvalue weighted by Gasteiger charge is 2.21. The quantitative estimate of drug-likeness (QED) is 0.811. The van der Waals surface area contributed by atoms with Gasteiger partial charge in [-0.1, -0.05) is 42.5 Å². The second kappa shape index (κ2) is 6.92. The van der Waals surface area contributed by atoms with Crippen LogP contribution in [0.1, 0.15) is 22.1 Å². The van der Waals surface area contributed by atoms with Gasteiger partial charge in [-0.25, -0.2) is 0 Å². The Labute approximate surface area is 129 Å². The van der Waals surface area contributed by atoms with E-state index >= 15 is 0 Å². The first kappa shape index (κ1) is 15.1. The van der Waals surface area contributed by atoms with E-state index in [1.54, 1.807) is 24.1 Å². The molecule has 106 valence electrons. The van der Waals surface area contributed by atoms with Gasteiger partial charge >= 0.3 is 0 Å². The van der Waals surface area contributed by atoms with Crippen LogP contribution in [0, 0.1) is 11.3 Å². The predicted octanol–water partition coefficient (Wildman–Crippen LogP) is 3.50. The predicted molar refractivity (Wildman–Crippen MR) is 82.7 cm³/mol. The van der Waals surface area contributed by atoms with E-state index in [9.17, 15) is 4.79 Å². The number of halogens is 1. The van der Waals surface area contributed by atoms with Crippen molar-refractivity contribution in [2.24, 2.45) is 0 Å². The molecule has 4 heteroatoms. The molecule has 0 spiro atoms. The summed E-state index contributed by atoms with van der Waals surface area (Å²) in [5, 5.41) is 8.19. The van der Waals surface area contributed by atoms with Crippen molar-refractivity contribution in [1.29, 1.82) is 5.26 Å². The number of likely N-dealkylation sites (N-methyl/N-ethyl adjacent to an activating group) is 1. The molecule has 0 bridgehead atoms. The van der Waals surface area contributed by atoms with Crippen molar-refractivity contribution in [3.05, 3.63) is 71.3 Å².